The normalized spacial score (nSPS) is 15.6. The number of nitriles is 3. The maximum absolute atomic E-state index is 9.57. The third-order valence-corrected chi connectivity index (χ3v) is 2.97. The van der Waals surface area contributed by atoms with Crippen molar-refractivity contribution in [2.75, 3.05) is 5.32 Å². The van der Waals surface area contributed by atoms with E-state index in [4.69, 9.17) is 15.8 Å². The quantitative estimate of drug-likeness (QED) is 0.772. The number of anilines is 1. The maximum atomic E-state index is 9.57. The van der Waals surface area contributed by atoms with Gasteiger partial charge in [0.2, 0.25) is 0 Å². The zero-order valence-electron chi connectivity index (χ0n) is 10.0. The van der Waals surface area contributed by atoms with Gasteiger partial charge in [-0.25, -0.2) is 0 Å². The first kappa shape index (κ1) is 12.6. The molecule has 19 heavy (non-hydrogen) atoms. The van der Waals surface area contributed by atoms with E-state index in [2.05, 4.69) is 5.32 Å². The second kappa shape index (κ2) is 5.23. The van der Waals surface area contributed by atoms with Crippen molar-refractivity contribution in [2.24, 2.45) is 0 Å². The second-order valence-electron chi connectivity index (χ2n) is 4.26. The van der Waals surface area contributed by atoms with E-state index in [0.717, 1.165) is 11.1 Å². The van der Waals surface area contributed by atoms with Gasteiger partial charge in [0.05, 0.1) is 6.10 Å². The number of nitrogens with one attached hydrogen (secondary N) is 1. The van der Waals surface area contributed by atoms with Gasteiger partial charge in [-0.3, -0.25) is 0 Å². The monoisotopic (exact) mass is 250 g/mol. The zero-order valence-corrected chi connectivity index (χ0v) is 10.0. The molecule has 0 spiro atoms. The Bertz CT molecular complexity index is 654. The van der Waals surface area contributed by atoms with Gasteiger partial charge in [0, 0.05) is 5.69 Å². The van der Waals surface area contributed by atoms with E-state index in [-0.39, 0.29) is 17.4 Å². The van der Waals surface area contributed by atoms with Crippen LogP contribution in [0.15, 0.2) is 29.5 Å². The fourth-order valence-corrected chi connectivity index (χ4v) is 2.10. The number of nitrogens with zero attached hydrogens (tertiary/aromatic N) is 3. The zero-order chi connectivity index (χ0) is 13.8. The highest BCUT2D eigenvalue weighted by atomic mass is 16.3. The van der Waals surface area contributed by atoms with Gasteiger partial charge >= 0.3 is 0 Å². The Morgan fingerprint density at radius 3 is 2.42 bits per heavy atom. The van der Waals surface area contributed by atoms with Crippen molar-refractivity contribution in [3.8, 4) is 18.2 Å². The van der Waals surface area contributed by atoms with E-state index < -0.39 is 0 Å². The molecule has 2 rings (SSSR count). The molecular weight excluding hydrogens is 240 g/mol. The van der Waals surface area contributed by atoms with Gasteiger partial charge in [0.1, 0.15) is 23.9 Å². The smallest absolute Gasteiger partial charge is 0.163 e. The Balaban J connectivity index is 2.30. The number of hydrogen-bond acceptors (Lipinski definition) is 5. The number of aliphatic hydroxyl groups excluding tert-OH is 1. The summed E-state index contributed by atoms with van der Waals surface area (Å²) in [6.45, 7) is 0. The van der Waals surface area contributed by atoms with Crippen LogP contribution in [0.4, 0.5) is 5.69 Å². The van der Waals surface area contributed by atoms with Crippen LogP contribution in [-0.2, 0) is 12.8 Å². The molecule has 0 amide bonds. The van der Waals surface area contributed by atoms with Crippen molar-refractivity contribution >= 4 is 5.69 Å². The Hall–Kier alpha value is -2.81. The number of benzene rings is 1. The van der Waals surface area contributed by atoms with Crippen LogP contribution in [0.25, 0.3) is 0 Å². The van der Waals surface area contributed by atoms with E-state index in [1.54, 1.807) is 24.3 Å². The summed E-state index contributed by atoms with van der Waals surface area (Å²) in [6, 6.07) is 10.6. The molecule has 92 valence electrons. The largest absolute Gasteiger partial charge is 0.392 e. The summed E-state index contributed by atoms with van der Waals surface area (Å²) in [6.07, 6.45) is 0.864. The minimum Gasteiger partial charge on any atom is -0.392 e. The predicted molar refractivity (Wildman–Crippen MR) is 67.3 cm³/mol. The number of fused-ring (bicyclic) bond motifs is 1. The highest BCUT2D eigenvalue weighted by Crippen LogP contribution is 2.26. The molecule has 1 atom stereocenters. The fourth-order valence-electron chi connectivity index (χ4n) is 2.10. The van der Waals surface area contributed by atoms with Gasteiger partial charge in [-0.05, 0) is 36.1 Å². The fraction of sp³-hybridized carbons (Fsp3) is 0.214. The van der Waals surface area contributed by atoms with Gasteiger partial charge < -0.3 is 10.4 Å². The summed E-state index contributed by atoms with van der Waals surface area (Å²) in [7, 11) is 0. The first-order valence-electron chi connectivity index (χ1n) is 5.69. The van der Waals surface area contributed by atoms with Crippen LogP contribution in [0.5, 0.6) is 0 Å². The number of aliphatic hydroxyl groups is 1. The molecule has 0 radical (unpaired) electrons. The molecule has 1 aliphatic carbocycles. The van der Waals surface area contributed by atoms with Gasteiger partial charge in [-0.1, -0.05) is 6.07 Å². The standard InChI is InChI=1S/C14H10N4O/c15-6-11(7-16)14(8-17)18-12-2-1-9-4-13(19)5-10(9)3-12/h1-3,13,18-19H,4-5H2. The van der Waals surface area contributed by atoms with E-state index in [9.17, 15) is 5.11 Å². The average Bonchev–Trinajstić information content (AvgIpc) is 2.78. The molecule has 5 heteroatoms. The lowest BCUT2D eigenvalue weighted by Gasteiger charge is -2.06. The van der Waals surface area contributed by atoms with Crippen molar-refractivity contribution in [3.05, 3.63) is 40.6 Å². The molecule has 0 aromatic heterocycles. The summed E-state index contributed by atoms with van der Waals surface area (Å²) in [5.74, 6) is 0. The van der Waals surface area contributed by atoms with Gasteiger partial charge in [0.15, 0.2) is 5.57 Å². The Morgan fingerprint density at radius 1 is 1.11 bits per heavy atom. The molecule has 0 saturated carbocycles. The first-order valence-corrected chi connectivity index (χ1v) is 5.69. The predicted octanol–water partition coefficient (Wildman–Crippen LogP) is 1.38. The number of allylic oxidation sites excluding steroid dienone is 2. The molecule has 0 fully saturated rings. The van der Waals surface area contributed by atoms with Gasteiger partial charge in [-0.2, -0.15) is 15.8 Å². The van der Waals surface area contributed by atoms with E-state index in [1.807, 2.05) is 12.1 Å². The van der Waals surface area contributed by atoms with Crippen LogP contribution >= 0.6 is 0 Å². The SMILES string of the molecule is N#CC(C#N)=C(C#N)Nc1ccc2c(c1)CC(O)C2. The third kappa shape index (κ3) is 2.55. The third-order valence-electron chi connectivity index (χ3n) is 2.97. The summed E-state index contributed by atoms with van der Waals surface area (Å²) in [5.41, 5.74) is 2.42. The molecular formula is C14H10N4O. The van der Waals surface area contributed by atoms with Crippen molar-refractivity contribution in [2.45, 2.75) is 18.9 Å². The molecule has 0 saturated heterocycles. The average molecular weight is 250 g/mol. The Morgan fingerprint density at radius 2 is 1.79 bits per heavy atom. The first-order chi connectivity index (χ1) is 9.17. The summed E-state index contributed by atoms with van der Waals surface area (Å²) in [5, 5.41) is 38.8. The van der Waals surface area contributed by atoms with Gasteiger partial charge in [-0.15, -0.1) is 0 Å². The minimum atomic E-state index is -0.356. The number of rotatable bonds is 2. The molecule has 1 aliphatic rings. The summed E-state index contributed by atoms with van der Waals surface area (Å²) in [4.78, 5) is 0. The van der Waals surface area contributed by atoms with Crippen LogP contribution in [-0.4, -0.2) is 11.2 Å². The molecule has 0 heterocycles. The minimum absolute atomic E-state index is 0.0662. The molecule has 1 aromatic carbocycles. The van der Waals surface area contributed by atoms with Gasteiger partial charge in [0.25, 0.3) is 0 Å². The molecule has 1 unspecified atom stereocenters. The molecule has 0 aliphatic heterocycles. The van der Waals surface area contributed by atoms with Crippen molar-refractivity contribution < 1.29 is 5.11 Å². The Labute approximate surface area is 110 Å². The molecule has 0 bridgehead atoms. The van der Waals surface area contributed by atoms with Crippen molar-refractivity contribution in [1.82, 2.24) is 0 Å². The summed E-state index contributed by atoms with van der Waals surface area (Å²) < 4.78 is 0. The van der Waals surface area contributed by atoms with E-state index in [1.165, 1.54) is 0 Å². The molecule has 1 aromatic rings. The van der Waals surface area contributed by atoms with E-state index in [0.29, 0.717) is 18.5 Å². The van der Waals surface area contributed by atoms with Crippen molar-refractivity contribution in [3.63, 3.8) is 0 Å². The molecule has 5 nitrogen and oxygen atoms in total. The summed E-state index contributed by atoms with van der Waals surface area (Å²) >= 11 is 0. The highest BCUT2D eigenvalue weighted by Gasteiger charge is 2.19. The van der Waals surface area contributed by atoms with Crippen molar-refractivity contribution in [1.29, 1.82) is 15.8 Å². The number of hydrogen-bond donors (Lipinski definition) is 2. The van der Waals surface area contributed by atoms with Crippen LogP contribution in [0.1, 0.15) is 11.1 Å². The van der Waals surface area contributed by atoms with Crippen LogP contribution in [0.3, 0.4) is 0 Å². The maximum Gasteiger partial charge on any atom is 0.163 e. The van der Waals surface area contributed by atoms with Crippen LogP contribution in [0.2, 0.25) is 0 Å². The lowest BCUT2D eigenvalue weighted by Crippen LogP contribution is -2.03. The molecule has 2 N–H and O–H groups in total. The lowest BCUT2D eigenvalue weighted by molar-refractivity contribution is 0.187. The highest BCUT2D eigenvalue weighted by molar-refractivity contribution is 5.60. The topological polar surface area (TPSA) is 104 Å². The van der Waals surface area contributed by atoms with Crippen LogP contribution < -0.4 is 5.32 Å². The Kier molecular flexibility index (Phi) is 3.48. The lowest BCUT2D eigenvalue weighted by atomic mass is 10.1. The second-order valence-corrected chi connectivity index (χ2v) is 4.26. The van der Waals surface area contributed by atoms with E-state index >= 15 is 0 Å². The van der Waals surface area contributed by atoms with Crippen LogP contribution in [0, 0.1) is 34.0 Å².